The molecule has 2 heteroatoms. The Morgan fingerprint density at radius 3 is 2.44 bits per heavy atom. The summed E-state index contributed by atoms with van der Waals surface area (Å²) in [6.45, 7) is 2.02. The Labute approximate surface area is 55.4 Å². The minimum absolute atomic E-state index is 0.102. The van der Waals surface area contributed by atoms with Gasteiger partial charge < -0.3 is 10.5 Å². The third-order valence-corrected chi connectivity index (χ3v) is 2.24. The Morgan fingerprint density at radius 2 is 2.33 bits per heavy atom. The molecule has 2 nitrogen and oxygen atoms in total. The maximum atomic E-state index is 10.4. The molecule has 0 aromatic rings. The van der Waals surface area contributed by atoms with Gasteiger partial charge in [-0.2, -0.15) is 0 Å². The molecule has 0 amide bonds. The second-order valence-electron chi connectivity index (χ2n) is 2.87. The van der Waals surface area contributed by atoms with Gasteiger partial charge in [0.15, 0.2) is 0 Å². The van der Waals surface area contributed by atoms with E-state index in [1.165, 1.54) is 0 Å². The molecule has 0 spiro atoms. The Kier molecular flexibility index (Phi) is 1.58. The highest BCUT2D eigenvalue weighted by Crippen LogP contribution is 2.46. The zero-order valence-corrected chi connectivity index (χ0v) is 5.76. The highest BCUT2D eigenvalue weighted by molar-refractivity contribution is 5.64. The molecule has 9 heavy (non-hydrogen) atoms. The minimum Gasteiger partial charge on any atom is -0.327 e. The van der Waals surface area contributed by atoms with Crippen LogP contribution in [0.5, 0.6) is 0 Å². The summed E-state index contributed by atoms with van der Waals surface area (Å²) in [5, 5.41) is 0. The number of hydrogen-bond donors (Lipinski definition) is 1. The zero-order valence-electron chi connectivity index (χ0n) is 5.76. The lowest BCUT2D eigenvalue weighted by Crippen LogP contribution is -2.31. The van der Waals surface area contributed by atoms with E-state index in [1.54, 1.807) is 0 Å². The minimum atomic E-state index is -0.102. The topological polar surface area (TPSA) is 43.1 Å². The predicted molar refractivity (Wildman–Crippen MR) is 36.0 cm³/mol. The lowest BCUT2D eigenvalue weighted by atomic mass is 9.97. The first-order valence-electron chi connectivity index (χ1n) is 3.47. The van der Waals surface area contributed by atoms with Crippen LogP contribution in [-0.4, -0.2) is 12.3 Å². The lowest BCUT2D eigenvalue weighted by molar-refractivity contribution is -0.112. The van der Waals surface area contributed by atoms with Crippen molar-refractivity contribution in [3.05, 3.63) is 0 Å². The van der Waals surface area contributed by atoms with Crippen LogP contribution in [0.3, 0.4) is 0 Å². The van der Waals surface area contributed by atoms with E-state index in [0.717, 1.165) is 25.5 Å². The number of hydrogen-bond acceptors (Lipinski definition) is 2. The van der Waals surface area contributed by atoms with Crippen LogP contribution in [0.1, 0.15) is 26.2 Å². The molecule has 1 atom stereocenters. The van der Waals surface area contributed by atoms with Crippen LogP contribution in [0, 0.1) is 5.41 Å². The first kappa shape index (κ1) is 6.75. The lowest BCUT2D eigenvalue weighted by Gasteiger charge is -2.13. The van der Waals surface area contributed by atoms with Crippen LogP contribution in [0.25, 0.3) is 0 Å². The van der Waals surface area contributed by atoms with Gasteiger partial charge in [0.05, 0.1) is 0 Å². The van der Waals surface area contributed by atoms with Gasteiger partial charge in [0.2, 0.25) is 0 Å². The first-order valence-corrected chi connectivity index (χ1v) is 3.47. The third kappa shape index (κ3) is 0.990. The van der Waals surface area contributed by atoms with Crippen LogP contribution in [-0.2, 0) is 4.79 Å². The molecule has 52 valence electrons. The Bertz CT molecular complexity index is 118. The molecule has 1 aliphatic carbocycles. The molecule has 0 heterocycles. The standard InChI is InChI=1S/C7H13NO/c1-2-6(8)7(5-9)3-4-7/h5-6H,2-4,8H2,1H3. The van der Waals surface area contributed by atoms with Gasteiger partial charge in [0, 0.05) is 11.5 Å². The van der Waals surface area contributed by atoms with Gasteiger partial charge >= 0.3 is 0 Å². The van der Waals surface area contributed by atoms with E-state index in [0.29, 0.717) is 0 Å². The van der Waals surface area contributed by atoms with Gasteiger partial charge in [-0.3, -0.25) is 0 Å². The monoisotopic (exact) mass is 127 g/mol. The molecule has 1 saturated carbocycles. The van der Waals surface area contributed by atoms with Crippen molar-refractivity contribution in [1.82, 2.24) is 0 Å². The predicted octanol–water partition coefficient (Wildman–Crippen LogP) is 0.703. The normalized spacial score (nSPS) is 25.1. The maximum Gasteiger partial charge on any atom is 0.127 e. The van der Waals surface area contributed by atoms with Crippen molar-refractivity contribution in [2.24, 2.45) is 11.1 Å². The van der Waals surface area contributed by atoms with Crippen molar-refractivity contribution in [2.45, 2.75) is 32.2 Å². The SMILES string of the molecule is CCC(N)C1(C=O)CC1. The van der Waals surface area contributed by atoms with Gasteiger partial charge in [0.25, 0.3) is 0 Å². The molecular weight excluding hydrogens is 114 g/mol. The maximum absolute atomic E-state index is 10.4. The summed E-state index contributed by atoms with van der Waals surface area (Å²) in [6, 6.07) is 0.106. The van der Waals surface area contributed by atoms with Gasteiger partial charge in [0.1, 0.15) is 6.29 Å². The highest BCUT2D eigenvalue weighted by Gasteiger charge is 2.46. The van der Waals surface area contributed by atoms with Crippen molar-refractivity contribution in [3.8, 4) is 0 Å². The molecular formula is C7H13NO. The molecule has 1 unspecified atom stereocenters. The molecule has 0 aromatic carbocycles. The van der Waals surface area contributed by atoms with Gasteiger partial charge in [-0.25, -0.2) is 0 Å². The fraction of sp³-hybridized carbons (Fsp3) is 0.857. The van der Waals surface area contributed by atoms with E-state index in [9.17, 15) is 4.79 Å². The summed E-state index contributed by atoms with van der Waals surface area (Å²) < 4.78 is 0. The second kappa shape index (κ2) is 2.10. The van der Waals surface area contributed by atoms with Crippen molar-refractivity contribution in [3.63, 3.8) is 0 Å². The van der Waals surface area contributed by atoms with Crippen LogP contribution < -0.4 is 5.73 Å². The van der Waals surface area contributed by atoms with Crippen LogP contribution in [0.15, 0.2) is 0 Å². The molecule has 0 saturated heterocycles. The van der Waals surface area contributed by atoms with Crippen molar-refractivity contribution >= 4 is 6.29 Å². The Morgan fingerprint density at radius 1 is 1.78 bits per heavy atom. The van der Waals surface area contributed by atoms with Crippen LogP contribution >= 0.6 is 0 Å². The molecule has 2 N–H and O–H groups in total. The average Bonchev–Trinajstić information content (AvgIpc) is 2.66. The number of carbonyl (C=O) groups is 1. The van der Waals surface area contributed by atoms with Crippen LogP contribution in [0.2, 0.25) is 0 Å². The number of carbonyl (C=O) groups excluding carboxylic acids is 1. The largest absolute Gasteiger partial charge is 0.327 e. The van der Waals surface area contributed by atoms with Crippen molar-refractivity contribution < 1.29 is 4.79 Å². The Balaban J connectivity index is 2.48. The van der Waals surface area contributed by atoms with E-state index >= 15 is 0 Å². The molecule has 1 fully saturated rings. The van der Waals surface area contributed by atoms with E-state index in [4.69, 9.17) is 5.73 Å². The van der Waals surface area contributed by atoms with Crippen molar-refractivity contribution in [2.75, 3.05) is 0 Å². The number of nitrogens with two attached hydrogens (primary N) is 1. The molecule has 0 aromatic heterocycles. The highest BCUT2D eigenvalue weighted by atomic mass is 16.1. The van der Waals surface area contributed by atoms with Crippen molar-refractivity contribution in [1.29, 1.82) is 0 Å². The number of aldehydes is 1. The molecule has 0 radical (unpaired) electrons. The summed E-state index contributed by atoms with van der Waals surface area (Å²) in [4.78, 5) is 10.4. The molecule has 0 bridgehead atoms. The first-order chi connectivity index (χ1) is 4.25. The van der Waals surface area contributed by atoms with Crippen LogP contribution in [0.4, 0.5) is 0 Å². The van der Waals surface area contributed by atoms with Gasteiger partial charge in [-0.1, -0.05) is 6.92 Å². The zero-order chi connectivity index (χ0) is 6.91. The van der Waals surface area contributed by atoms with E-state index in [1.807, 2.05) is 6.92 Å². The van der Waals surface area contributed by atoms with Gasteiger partial charge in [-0.15, -0.1) is 0 Å². The number of rotatable bonds is 3. The van der Waals surface area contributed by atoms with E-state index in [2.05, 4.69) is 0 Å². The smallest absolute Gasteiger partial charge is 0.127 e. The Hall–Kier alpha value is -0.370. The third-order valence-electron chi connectivity index (χ3n) is 2.24. The fourth-order valence-electron chi connectivity index (χ4n) is 1.13. The van der Waals surface area contributed by atoms with Gasteiger partial charge in [-0.05, 0) is 19.3 Å². The molecule has 1 rings (SSSR count). The summed E-state index contributed by atoms with van der Waals surface area (Å²) in [7, 11) is 0. The summed E-state index contributed by atoms with van der Waals surface area (Å²) in [5.74, 6) is 0. The second-order valence-corrected chi connectivity index (χ2v) is 2.87. The van der Waals surface area contributed by atoms with E-state index < -0.39 is 0 Å². The van der Waals surface area contributed by atoms with E-state index in [-0.39, 0.29) is 11.5 Å². The summed E-state index contributed by atoms with van der Waals surface area (Å²) >= 11 is 0. The summed E-state index contributed by atoms with van der Waals surface area (Å²) in [5.41, 5.74) is 5.59. The average molecular weight is 127 g/mol. The fourth-order valence-corrected chi connectivity index (χ4v) is 1.13. The quantitative estimate of drug-likeness (QED) is 0.567. The molecule has 0 aliphatic heterocycles. The molecule has 1 aliphatic rings. The summed E-state index contributed by atoms with van der Waals surface area (Å²) in [6.07, 6.45) is 3.96.